The van der Waals surface area contributed by atoms with Crippen LogP contribution in [0.25, 0.3) is 0 Å². The number of aromatic nitrogens is 2. The van der Waals surface area contributed by atoms with E-state index in [4.69, 9.17) is 4.74 Å². The molecule has 0 radical (unpaired) electrons. The summed E-state index contributed by atoms with van der Waals surface area (Å²) in [5.74, 6) is 0.747. The lowest BCUT2D eigenvalue weighted by atomic mass is 9.86. The van der Waals surface area contributed by atoms with Crippen LogP contribution in [0.5, 0.6) is 5.75 Å². The molecule has 4 N–H and O–H groups in total. The standard InChI is InChI=1S/C32H46F3N7O3/c1-31(2,3)45-30(43)38-18-10-6-4-5-9-17-37-26-15-13-23(14-16-26)20-39-28-25(19-36)22-41-29(42-28)40-21-24-11-7-8-12-27(24)44-32(33,34)35/h7-8,11-12,22-23,26,37H,4-6,9-10,13-18,20-21H2,1-3H3,(H,38,43)(H2,39,40,41,42). The second-order valence-corrected chi connectivity index (χ2v) is 12.3. The van der Waals surface area contributed by atoms with Crippen molar-refractivity contribution in [3.05, 3.63) is 41.6 Å². The Balaban J connectivity index is 1.31. The fourth-order valence-electron chi connectivity index (χ4n) is 5.13. The number of nitriles is 1. The molecule has 1 aromatic carbocycles. The number of ether oxygens (including phenoxy) is 2. The third kappa shape index (κ3) is 14.2. The number of hydrogen-bond acceptors (Lipinski definition) is 9. The lowest BCUT2D eigenvalue weighted by Crippen LogP contribution is -2.35. The topological polar surface area (TPSA) is 133 Å². The van der Waals surface area contributed by atoms with E-state index in [1.165, 1.54) is 24.4 Å². The van der Waals surface area contributed by atoms with Crippen LogP contribution in [0.15, 0.2) is 30.5 Å². The molecule has 0 unspecified atom stereocenters. The Bertz CT molecular complexity index is 1240. The van der Waals surface area contributed by atoms with Crippen LogP contribution in [-0.4, -0.2) is 53.7 Å². The summed E-state index contributed by atoms with van der Waals surface area (Å²) in [5.41, 5.74) is 0.125. The summed E-state index contributed by atoms with van der Waals surface area (Å²) in [6, 6.07) is 8.47. The number of amides is 1. The summed E-state index contributed by atoms with van der Waals surface area (Å²) in [6.07, 6.45) is 5.99. The highest BCUT2D eigenvalue weighted by atomic mass is 19.4. The molecule has 1 amide bonds. The first-order chi connectivity index (χ1) is 21.4. The first-order valence-corrected chi connectivity index (χ1v) is 15.7. The maximum Gasteiger partial charge on any atom is 0.573 e. The third-order valence-electron chi connectivity index (χ3n) is 7.40. The van der Waals surface area contributed by atoms with Crippen molar-refractivity contribution in [2.75, 3.05) is 30.3 Å². The van der Waals surface area contributed by atoms with Crippen LogP contribution in [0, 0.1) is 17.2 Å². The van der Waals surface area contributed by atoms with Gasteiger partial charge in [-0.25, -0.2) is 9.78 Å². The first kappa shape index (κ1) is 35.7. The molecule has 248 valence electrons. The Labute approximate surface area is 263 Å². The van der Waals surface area contributed by atoms with Gasteiger partial charge in [-0.2, -0.15) is 10.2 Å². The average Bonchev–Trinajstić information content (AvgIpc) is 2.97. The maximum absolute atomic E-state index is 12.7. The molecule has 0 spiro atoms. The molecule has 0 bridgehead atoms. The van der Waals surface area contributed by atoms with Crippen molar-refractivity contribution >= 4 is 17.9 Å². The van der Waals surface area contributed by atoms with Gasteiger partial charge in [0.1, 0.15) is 28.8 Å². The van der Waals surface area contributed by atoms with Crippen molar-refractivity contribution in [3.8, 4) is 11.8 Å². The number of carbonyl (C=O) groups excluding carboxylic acids is 1. The summed E-state index contributed by atoms with van der Waals surface area (Å²) < 4.78 is 47.5. The minimum atomic E-state index is -4.79. The normalized spacial score (nSPS) is 16.8. The number of unbranched alkanes of at least 4 members (excludes halogenated alkanes) is 4. The van der Waals surface area contributed by atoms with Gasteiger partial charge < -0.3 is 30.7 Å². The van der Waals surface area contributed by atoms with Crippen molar-refractivity contribution in [2.45, 2.75) is 103 Å². The zero-order valence-corrected chi connectivity index (χ0v) is 26.4. The Kier molecular flexibility index (Phi) is 14.0. The van der Waals surface area contributed by atoms with Crippen molar-refractivity contribution < 1.29 is 27.4 Å². The van der Waals surface area contributed by atoms with Crippen molar-refractivity contribution in [1.29, 1.82) is 5.26 Å². The Morgan fingerprint density at radius 1 is 1.00 bits per heavy atom. The molecule has 13 heteroatoms. The van der Waals surface area contributed by atoms with Gasteiger partial charge in [0, 0.05) is 31.2 Å². The second kappa shape index (κ2) is 17.6. The minimum Gasteiger partial charge on any atom is -0.444 e. The van der Waals surface area contributed by atoms with Crippen LogP contribution in [0.2, 0.25) is 0 Å². The monoisotopic (exact) mass is 633 g/mol. The largest absolute Gasteiger partial charge is 0.573 e. The number of halogens is 3. The summed E-state index contributed by atoms with van der Waals surface area (Å²) in [6.45, 7) is 7.88. The SMILES string of the molecule is CC(C)(C)OC(=O)NCCCCCCCNC1CCC(CNc2nc(NCc3ccccc3OC(F)(F)F)ncc2C#N)CC1. The number of alkyl carbamates (subject to hydrolysis) is 1. The summed E-state index contributed by atoms with van der Waals surface area (Å²) in [5, 5.41) is 22.2. The second-order valence-electron chi connectivity index (χ2n) is 12.3. The molecule has 3 rings (SSSR count). The molecular formula is C32H46F3N7O3. The molecule has 45 heavy (non-hydrogen) atoms. The zero-order valence-electron chi connectivity index (χ0n) is 26.4. The quantitative estimate of drug-likeness (QED) is 0.146. The van der Waals surface area contributed by atoms with E-state index in [1.807, 2.05) is 20.8 Å². The Morgan fingerprint density at radius 2 is 1.69 bits per heavy atom. The molecule has 1 aromatic heterocycles. The zero-order chi connectivity index (χ0) is 32.7. The number of carbonyl (C=O) groups is 1. The maximum atomic E-state index is 12.7. The molecule has 1 heterocycles. The van der Waals surface area contributed by atoms with Crippen molar-refractivity contribution in [1.82, 2.24) is 20.6 Å². The third-order valence-corrected chi connectivity index (χ3v) is 7.40. The van der Waals surface area contributed by atoms with Gasteiger partial charge in [0.15, 0.2) is 0 Å². The van der Waals surface area contributed by atoms with Crippen LogP contribution >= 0.6 is 0 Å². The number of nitrogens with zero attached hydrogens (tertiary/aromatic N) is 3. The van der Waals surface area contributed by atoms with E-state index in [-0.39, 0.29) is 24.3 Å². The van der Waals surface area contributed by atoms with Gasteiger partial charge in [-0.3, -0.25) is 0 Å². The number of para-hydroxylation sites is 1. The predicted octanol–water partition coefficient (Wildman–Crippen LogP) is 6.89. The van der Waals surface area contributed by atoms with Gasteiger partial charge in [0.25, 0.3) is 0 Å². The molecule has 1 aliphatic rings. The highest BCUT2D eigenvalue weighted by molar-refractivity contribution is 5.67. The molecule has 0 aliphatic heterocycles. The van der Waals surface area contributed by atoms with Gasteiger partial charge in [-0.05, 0) is 77.8 Å². The van der Waals surface area contributed by atoms with Crippen molar-refractivity contribution in [2.24, 2.45) is 5.92 Å². The summed E-state index contributed by atoms with van der Waals surface area (Å²) in [7, 11) is 0. The Hall–Kier alpha value is -3.79. The molecular weight excluding hydrogens is 587 g/mol. The van der Waals surface area contributed by atoms with E-state index < -0.39 is 12.0 Å². The van der Waals surface area contributed by atoms with Gasteiger partial charge in [-0.1, -0.05) is 37.5 Å². The van der Waals surface area contributed by atoms with Crippen LogP contribution in [0.1, 0.15) is 89.7 Å². The van der Waals surface area contributed by atoms with Gasteiger partial charge >= 0.3 is 12.5 Å². The molecule has 2 aromatic rings. The van der Waals surface area contributed by atoms with E-state index in [2.05, 4.69) is 42.0 Å². The van der Waals surface area contributed by atoms with Crippen LogP contribution in [0.3, 0.4) is 0 Å². The van der Waals surface area contributed by atoms with E-state index in [0.717, 1.165) is 64.3 Å². The highest BCUT2D eigenvalue weighted by Crippen LogP contribution is 2.28. The number of benzene rings is 1. The van der Waals surface area contributed by atoms with Crippen LogP contribution in [-0.2, 0) is 11.3 Å². The average molecular weight is 634 g/mol. The number of nitrogens with one attached hydrogen (secondary N) is 4. The lowest BCUT2D eigenvalue weighted by molar-refractivity contribution is -0.274. The predicted molar refractivity (Wildman–Crippen MR) is 167 cm³/mol. The highest BCUT2D eigenvalue weighted by Gasteiger charge is 2.32. The van der Waals surface area contributed by atoms with Crippen LogP contribution < -0.4 is 26.0 Å². The summed E-state index contributed by atoms with van der Waals surface area (Å²) >= 11 is 0. The molecule has 10 nitrogen and oxygen atoms in total. The van der Waals surface area contributed by atoms with Gasteiger partial charge in [0.2, 0.25) is 5.95 Å². The molecule has 1 saturated carbocycles. The van der Waals surface area contributed by atoms with E-state index in [1.54, 1.807) is 6.07 Å². The van der Waals surface area contributed by atoms with Gasteiger partial charge in [0.05, 0.1) is 6.20 Å². The van der Waals surface area contributed by atoms with Gasteiger partial charge in [-0.15, -0.1) is 13.2 Å². The van der Waals surface area contributed by atoms with E-state index >= 15 is 0 Å². The van der Waals surface area contributed by atoms with Crippen molar-refractivity contribution in [3.63, 3.8) is 0 Å². The molecule has 1 fully saturated rings. The first-order valence-electron chi connectivity index (χ1n) is 15.7. The smallest absolute Gasteiger partial charge is 0.444 e. The number of hydrogen-bond donors (Lipinski definition) is 4. The number of anilines is 2. The fourth-order valence-corrected chi connectivity index (χ4v) is 5.13. The van der Waals surface area contributed by atoms with Crippen LogP contribution in [0.4, 0.5) is 29.7 Å². The fraction of sp³-hybridized carbons (Fsp3) is 0.625. The minimum absolute atomic E-state index is 0.0158. The number of alkyl halides is 3. The van der Waals surface area contributed by atoms with E-state index in [0.29, 0.717) is 42.0 Å². The summed E-state index contributed by atoms with van der Waals surface area (Å²) in [4.78, 5) is 20.2. The molecule has 1 aliphatic carbocycles. The molecule has 0 saturated heterocycles. The lowest BCUT2D eigenvalue weighted by Gasteiger charge is -2.29. The van der Waals surface area contributed by atoms with E-state index in [9.17, 15) is 23.2 Å². The Morgan fingerprint density at radius 3 is 2.38 bits per heavy atom. The number of rotatable bonds is 16. The molecule has 0 atom stereocenters.